The summed E-state index contributed by atoms with van der Waals surface area (Å²) in [6.07, 6.45) is 4.05. The molecule has 1 amide bonds. The third-order valence-electron chi connectivity index (χ3n) is 6.56. The van der Waals surface area contributed by atoms with Crippen LogP contribution in [0, 0.1) is 0 Å². The molecule has 0 radical (unpaired) electrons. The molecule has 1 saturated heterocycles. The van der Waals surface area contributed by atoms with Crippen molar-refractivity contribution >= 4 is 17.4 Å². The second-order valence-corrected chi connectivity index (χ2v) is 9.17. The molecule has 6 rings (SSSR count). The van der Waals surface area contributed by atoms with Gasteiger partial charge in [-0.25, -0.2) is 0 Å². The lowest BCUT2D eigenvalue weighted by atomic mass is 10.0. The summed E-state index contributed by atoms with van der Waals surface area (Å²) in [5, 5.41) is 13.7. The Balaban J connectivity index is 1.11. The first-order chi connectivity index (χ1) is 16.1. The average Bonchev–Trinajstić information content (AvgIpc) is 3.24. The maximum absolute atomic E-state index is 12.7. The van der Waals surface area contributed by atoms with E-state index in [4.69, 9.17) is 9.47 Å². The van der Waals surface area contributed by atoms with Gasteiger partial charge in [0.05, 0.1) is 5.69 Å². The highest BCUT2D eigenvalue weighted by atomic mass is 16.7. The standard InChI is InChI=1S/C25H27N5O3/c1-30-13-9-18(10-14-30)26-17-7-5-16(6-8-17)24(31)27-22-15-20(28-29-22)19-3-2-4-21-23(19)33-25(32-21)11-12-25/h2-8,15,18,26H,9-14H2,1H3,(H2,27,28,29,31). The third-order valence-corrected chi connectivity index (χ3v) is 6.56. The summed E-state index contributed by atoms with van der Waals surface area (Å²) in [7, 11) is 2.16. The number of carbonyl (C=O) groups is 1. The average molecular weight is 446 g/mol. The number of ether oxygens (including phenoxy) is 2. The second kappa shape index (κ2) is 7.81. The number of benzene rings is 2. The predicted molar refractivity (Wildman–Crippen MR) is 126 cm³/mol. The lowest BCUT2D eigenvalue weighted by Crippen LogP contribution is -2.36. The molecule has 1 aliphatic carbocycles. The lowest BCUT2D eigenvalue weighted by Gasteiger charge is -2.30. The number of amides is 1. The van der Waals surface area contributed by atoms with Crippen molar-refractivity contribution in [2.75, 3.05) is 30.8 Å². The zero-order valence-electron chi connectivity index (χ0n) is 18.6. The van der Waals surface area contributed by atoms with Gasteiger partial charge in [-0.05, 0) is 69.4 Å². The number of aromatic amines is 1. The quantitative estimate of drug-likeness (QED) is 0.548. The highest BCUT2D eigenvalue weighted by Crippen LogP contribution is 2.54. The second-order valence-electron chi connectivity index (χ2n) is 9.17. The number of anilines is 2. The number of aromatic nitrogens is 2. The van der Waals surface area contributed by atoms with Gasteiger partial charge >= 0.3 is 0 Å². The Hall–Kier alpha value is -3.52. The van der Waals surface area contributed by atoms with Crippen molar-refractivity contribution in [3.8, 4) is 22.8 Å². The number of carbonyl (C=O) groups excluding carboxylic acids is 1. The summed E-state index contributed by atoms with van der Waals surface area (Å²) in [5.41, 5.74) is 3.17. The lowest BCUT2D eigenvalue weighted by molar-refractivity contribution is 0.0220. The molecule has 2 aromatic carbocycles. The van der Waals surface area contributed by atoms with Crippen LogP contribution in [-0.4, -0.2) is 53.0 Å². The van der Waals surface area contributed by atoms with Crippen molar-refractivity contribution < 1.29 is 14.3 Å². The number of fused-ring (bicyclic) bond motifs is 1. The molecule has 3 N–H and O–H groups in total. The van der Waals surface area contributed by atoms with Gasteiger partial charge in [0.25, 0.3) is 11.7 Å². The molecule has 3 heterocycles. The first kappa shape index (κ1) is 20.1. The van der Waals surface area contributed by atoms with Crippen LogP contribution in [0.4, 0.5) is 11.5 Å². The number of likely N-dealkylation sites (tertiary alicyclic amines) is 1. The van der Waals surface area contributed by atoms with Crippen molar-refractivity contribution in [1.29, 1.82) is 0 Å². The van der Waals surface area contributed by atoms with Crippen LogP contribution < -0.4 is 20.1 Å². The van der Waals surface area contributed by atoms with Crippen molar-refractivity contribution in [3.63, 3.8) is 0 Å². The van der Waals surface area contributed by atoms with E-state index in [2.05, 4.69) is 32.8 Å². The molecule has 8 nitrogen and oxygen atoms in total. The van der Waals surface area contributed by atoms with E-state index in [0.29, 0.717) is 28.9 Å². The molecule has 33 heavy (non-hydrogen) atoms. The van der Waals surface area contributed by atoms with Gasteiger partial charge in [-0.1, -0.05) is 6.07 Å². The normalized spacial score (nSPS) is 18.9. The maximum Gasteiger partial charge on any atom is 0.256 e. The van der Waals surface area contributed by atoms with Crippen LogP contribution >= 0.6 is 0 Å². The van der Waals surface area contributed by atoms with Gasteiger partial charge in [-0.15, -0.1) is 0 Å². The predicted octanol–water partition coefficient (Wildman–Crippen LogP) is 4.10. The van der Waals surface area contributed by atoms with E-state index in [1.54, 1.807) is 0 Å². The largest absolute Gasteiger partial charge is 0.448 e. The van der Waals surface area contributed by atoms with E-state index in [1.165, 1.54) is 0 Å². The van der Waals surface area contributed by atoms with Crippen molar-refractivity contribution in [3.05, 3.63) is 54.1 Å². The number of nitrogens with one attached hydrogen (secondary N) is 3. The monoisotopic (exact) mass is 445 g/mol. The van der Waals surface area contributed by atoms with Crippen LogP contribution in [-0.2, 0) is 0 Å². The third kappa shape index (κ3) is 4.02. The first-order valence-electron chi connectivity index (χ1n) is 11.5. The Morgan fingerprint density at radius 3 is 2.67 bits per heavy atom. The van der Waals surface area contributed by atoms with Crippen molar-refractivity contribution in [1.82, 2.24) is 15.1 Å². The van der Waals surface area contributed by atoms with Crippen LogP contribution in [0.2, 0.25) is 0 Å². The number of hydrogen-bond donors (Lipinski definition) is 3. The minimum atomic E-state index is -0.472. The first-order valence-corrected chi connectivity index (χ1v) is 11.5. The fourth-order valence-electron chi connectivity index (χ4n) is 4.44. The van der Waals surface area contributed by atoms with E-state index in [0.717, 1.165) is 55.8 Å². The molecule has 0 unspecified atom stereocenters. The number of para-hydroxylation sites is 1. The molecular formula is C25H27N5O3. The number of hydrogen-bond acceptors (Lipinski definition) is 6. The molecule has 2 fully saturated rings. The number of H-pyrrole nitrogens is 1. The highest BCUT2D eigenvalue weighted by Gasteiger charge is 2.53. The topological polar surface area (TPSA) is 91.5 Å². The summed E-state index contributed by atoms with van der Waals surface area (Å²) in [6.45, 7) is 2.21. The molecule has 1 aromatic heterocycles. The molecule has 3 aliphatic rings. The molecule has 8 heteroatoms. The summed E-state index contributed by atoms with van der Waals surface area (Å²) in [5.74, 6) is 1.33. The molecule has 2 aliphatic heterocycles. The molecule has 1 spiro atoms. The fraction of sp³-hybridized carbons (Fsp3) is 0.360. The van der Waals surface area contributed by atoms with Gasteiger partial charge in [-0.2, -0.15) is 5.10 Å². The number of nitrogens with zero attached hydrogens (tertiary/aromatic N) is 2. The van der Waals surface area contributed by atoms with Gasteiger partial charge in [0.1, 0.15) is 5.82 Å². The Morgan fingerprint density at radius 2 is 1.91 bits per heavy atom. The summed E-state index contributed by atoms with van der Waals surface area (Å²) < 4.78 is 12.0. The van der Waals surface area contributed by atoms with Gasteiger partial charge in [0.15, 0.2) is 11.5 Å². The number of rotatable bonds is 5. The van der Waals surface area contributed by atoms with Gasteiger partial charge in [0.2, 0.25) is 0 Å². The van der Waals surface area contributed by atoms with Crippen LogP contribution in [0.3, 0.4) is 0 Å². The smallest absolute Gasteiger partial charge is 0.256 e. The van der Waals surface area contributed by atoms with E-state index in [-0.39, 0.29) is 5.91 Å². The van der Waals surface area contributed by atoms with E-state index in [1.807, 2.05) is 48.5 Å². The molecular weight excluding hydrogens is 418 g/mol. The Bertz CT molecular complexity index is 1180. The SMILES string of the molecule is CN1CCC(Nc2ccc(C(=O)Nc3cc(-c4cccc5c4OC4(CC4)O5)n[nH]3)cc2)CC1. The van der Waals surface area contributed by atoms with Crippen LogP contribution in [0.25, 0.3) is 11.3 Å². The fourth-order valence-corrected chi connectivity index (χ4v) is 4.44. The van der Waals surface area contributed by atoms with Crippen LogP contribution in [0.15, 0.2) is 48.5 Å². The molecule has 3 aromatic rings. The maximum atomic E-state index is 12.7. The van der Waals surface area contributed by atoms with Crippen molar-refractivity contribution in [2.24, 2.45) is 0 Å². The Kier molecular flexibility index (Phi) is 4.76. The summed E-state index contributed by atoms with van der Waals surface area (Å²) >= 11 is 0. The van der Waals surface area contributed by atoms with Crippen LogP contribution in [0.5, 0.6) is 11.5 Å². The Labute approximate surface area is 192 Å². The van der Waals surface area contributed by atoms with E-state index >= 15 is 0 Å². The zero-order valence-corrected chi connectivity index (χ0v) is 18.6. The molecule has 170 valence electrons. The highest BCUT2D eigenvalue weighted by molar-refractivity contribution is 6.04. The summed E-state index contributed by atoms with van der Waals surface area (Å²) in [6, 6.07) is 15.7. The minimum Gasteiger partial charge on any atom is -0.448 e. The van der Waals surface area contributed by atoms with Gasteiger partial charge < -0.3 is 25.0 Å². The molecule has 1 saturated carbocycles. The van der Waals surface area contributed by atoms with Gasteiger partial charge in [0, 0.05) is 41.8 Å². The summed E-state index contributed by atoms with van der Waals surface area (Å²) in [4.78, 5) is 15.1. The number of piperidine rings is 1. The van der Waals surface area contributed by atoms with Crippen LogP contribution in [0.1, 0.15) is 36.0 Å². The van der Waals surface area contributed by atoms with Gasteiger partial charge in [-0.3, -0.25) is 9.89 Å². The van der Waals surface area contributed by atoms with E-state index in [9.17, 15) is 4.79 Å². The zero-order chi connectivity index (χ0) is 22.4. The molecule has 0 atom stereocenters. The molecule has 0 bridgehead atoms. The minimum absolute atomic E-state index is 0.189. The van der Waals surface area contributed by atoms with E-state index < -0.39 is 5.79 Å². The Morgan fingerprint density at radius 1 is 1.12 bits per heavy atom. The van der Waals surface area contributed by atoms with Crippen molar-refractivity contribution in [2.45, 2.75) is 37.5 Å².